The minimum atomic E-state index is -1.12. The highest BCUT2D eigenvalue weighted by Crippen LogP contribution is 2.27. The van der Waals surface area contributed by atoms with Gasteiger partial charge in [-0.15, -0.1) is 0 Å². The number of hydrogen-bond acceptors (Lipinski definition) is 5. The maximum absolute atomic E-state index is 12.8. The van der Waals surface area contributed by atoms with Gasteiger partial charge in [0.2, 0.25) is 0 Å². The van der Waals surface area contributed by atoms with Gasteiger partial charge in [0.1, 0.15) is 6.04 Å². The van der Waals surface area contributed by atoms with E-state index in [-0.39, 0.29) is 23.5 Å². The van der Waals surface area contributed by atoms with Gasteiger partial charge >= 0.3 is 5.97 Å². The Morgan fingerprint density at radius 1 is 1.06 bits per heavy atom. The van der Waals surface area contributed by atoms with Crippen molar-refractivity contribution in [2.45, 2.75) is 33.2 Å². The maximum Gasteiger partial charge on any atom is 0.329 e. The van der Waals surface area contributed by atoms with Crippen LogP contribution < -0.4 is 5.32 Å². The lowest BCUT2D eigenvalue weighted by molar-refractivity contribution is -0.151. The predicted octanol–water partition coefficient (Wildman–Crippen LogP) is 3.84. The number of nitrogens with zero attached hydrogens (tertiary/aromatic N) is 1. The number of rotatable bonds is 7. The standard InChI is InChI=1S/C23H23ClN2O5/c1-13(2)10-19(26-21(28)16-6-4-5-7-17(16)22(26)29)23(30)31-12-20(27)25-15-9-8-14(3)18(24)11-15/h4-9,11,13,19H,10,12H2,1-3H3,(H,25,27)/t19-/m1/s1. The first-order valence-electron chi connectivity index (χ1n) is 9.88. The van der Waals surface area contributed by atoms with Gasteiger partial charge in [-0.2, -0.15) is 0 Å². The van der Waals surface area contributed by atoms with E-state index in [1.807, 2.05) is 20.8 Å². The lowest BCUT2D eigenvalue weighted by Crippen LogP contribution is -2.46. The number of esters is 1. The van der Waals surface area contributed by atoms with E-state index in [2.05, 4.69) is 5.32 Å². The third-order valence-electron chi connectivity index (χ3n) is 4.91. The van der Waals surface area contributed by atoms with Crippen LogP contribution in [-0.2, 0) is 14.3 Å². The summed E-state index contributed by atoms with van der Waals surface area (Å²) in [5.74, 6) is -2.44. The number of aryl methyl sites for hydroxylation is 1. The molecule has 8 heteroatoms. The molecule has 7 nitrogen and oxygen atoms in total. The largest absolute Gasteiger partial charge is 0.454 e. The molecule has 0 spiro atoms. The second-order valence-electron chi connectivity index (χ2n) is 7.79. The summed E-state index contributed by atoms with van der Waals surface area (Å²) in [7, 11) is 0. The Hall–Kier alpha value is -3.19. The second kappa shape index (κ2) is 9.31. The Morgan fingerprint density at radius 3 is 2.23 bits per heavy atom. The van der Waals surface area contributed by atoms with Crippen molar-refractivity contribution >= 4 is 41.0 Å². The molecule has 162 valence electrons. The quantitative estimate of drug-likeness (QED) is 0.519. The molecule has 0 aromatic heterocycles. The van der Waals surface area contributed by atoms with Crippen molar-refractivity contribution in [2.75, 3.05) is 11.9 Å². The smallest absolute Gasteiger partial charge is 0.329 e. The van der Waals surface area contributed by atoms with Crippen LogP contribution in [0.2, 0.25) is 5.02 Å². The molecule has 0 saturated heterocycles. The van der Waals surface area contributed by atoms with Crippen molar-refractivity contribution in [3.8, 4) is 0 Å². The van der Waals surface area contributed by atoms with Crippen molar-refractivity contribution in [3.63, 3.8) is 0 Å². The molecular formula is C23H23ClN2O5. The van der Waals surface area contributed by atoms with Crippen molar-refractivity contribution < 1.29 is 23.9 Å². The fourth-order valence-corrected chi connectivity index (χ4v) is 3.53. The number of nitrogens with one attached hydrogen (secondary N) is 1. The van der Waals surface area contributed by atoms with Crippen LogP contribution in [0.25, 0.3) is 0 Å². The topological polar surface area (TPSA) is 92.8 Å². The third-order valence-corrected chi connectivity index (χ3v) is 5.31. The highest BCUT2D eigenvalue weighted by atomic mass is 35.5. The fraction of sp³-hybridized carbons (Fsp3) is 0.304. The van der Waals surface area contributed by atoms with E-state index >= 15 is 0 Å². The van der Waals surface area contributed by atoms with Gasteiger partial charge in [-0.3, -0.25) is 19.3 Å². The summed E-state index contributed by atoms with van der Waals surface area (Å²) in [4.78, 5) is 51.5. The van der Waals surface area contributed by atoms with Crippen molar-refractivity contribution in [2.24, 2.45) is 5.92 Å². The summed E-state index contributed by atoms with van der Waals surface area (Å²) >= 11 is 6.05. The molecule has 0 saturated carbocycles. The number of carbonyl (C=O) groups excluding carboxylic acids is 4. The highest BCUT2D eigenvalue weighted by molar-refractivity contribution is 6.31. The molecule has 0 fully saturated rings. The van der Waals surface area contributed by atoms with E-state index in [1.165, 1.54) is 0 Å². The van der Waals surface area contributed by atoms with E-state index in [9.17, 15) is 19.2 Å². The number of hydrogen-bond donors (Lipinski definition) is 1. The maximum atomic E-state index is 12.8. The van der Waals surface area contributed by atoms with E-state index < -0.39 is 36.3 Å². The van der Waals surface area contributed by atoms with Crippen molar-refractivity contribution in [3.05, 3.63) is 64.2 Å². The molecule has 0 bridgehead atoms. The van der Waals surface area contributed by atoms with Gasteiger partial charge in [0.05, 0.1) is 11.1 Å². The Bertz CT molecular complexity index is 1020. The van der Waals surface area contributed by atoms with Crippen LogP contribution in [0, 0.1) is 12.8 Å². The molecule has 1 aliphatic rings. The number of halogens is 1. The molecule has 3 rings (SSSR count). The van der Waals surface area contributed by atoms with Crippen LogP contribution >= 0.6 is 11.6 Å². The fourth-order valence-electron chi connectivity index (χ4n) is 3.35. The summed E-state index contributed by atoms with van der Waals surface area (Å²) in [6.45, 7) is 5.02. The molecule has 3 amide bonds. The number of fused-ring (bicyclic) bond motifs is 1. The lowest BCUT2D eigenvalue weighted by Gasteiger charge is -2.25. The van der Waals surface area contributed by atoms with Crippen LogP contribution in [0.3, 0.4) is 0 Å². The highest BCUT2D eigenvalue weighted by Gasteiger charge is 2.43. The zero-order valence-electron chi connectivity index (χ0n) is 17.5. The first kappa shape index (κ1) is 22.5. The minimum absolute atomic E-state index is 0.00499. The van der Waals surface area contributed by atoms with Crippen LogP contribution in [0.15, 0.2) is 42.5 Å². The summed E-state index contributed by atoms with van der Waals surface area (Å²) in [5.41, 5.74) is 1.84. The van der Waals surface area contributed by atoms with E-state index in [0.717, 1.165) is 10.5 Å². The van der Waals surface area contributed by atoms with Crippen LogP contribution in [0.5, 0.6) is 0 Å². The average molecular weight is 443 g/mol. The summed E-state index contributed by atoms with van der Waals surface area (Å²) < 4.78 is 5.17. The molecule has 1 N–H and O–H groups in total. The first-order chi connectivity index (χ1) is 14.7. The Morgan fingerprint density at radius 2 is 1.68 bits per heavy atom. The summed E-state index contributed by atoms with van der Waals surface area (Å²) in [6, 6.07) is 10.3. The SMILES string of the molecule is Cc1ccc(NC(=O)COC(=O)[C@@H](CC(C)C)N2C(=O)c3ccccc3C2=O)cc1Cl. The Labute approximate surface area is 185 Å². The number of imide groups is 1. The number of benzene rings is 2. The molecule has 31 heavy (non-hydrogen) atoms. The molecule has 0 unspecified atom stereocenters. The van der Waals surface area contributed by atoms with Gasteiger partial charge in [0, 0.05) is 10.7 Å². The van der Waals surface area contributed by atoms with Crippen LogP contribution in [0.4, 0.5) is 5.69 Å². The average Bonchev–Trinajstić information content (AvgIpc) is 2.98. The second-order valence-corrected chi connectivity index (χ2v) is 8.20. The molecule has 1 atom stereocenters. The van der Waals surface area contributed by atoms with E-state index in [0.29, 0.717) is 10.7 Å². The Balaban J connectivity index is 1.69. The van der Waals surface area contributed by atoms with Crippen molar-refractivity contribution in [1.29, 1.82) is 0 Å². The molecule has 0 aliphatic carbocycles. The Kier molecular flexibility index (Phi) is 6.75. The molecule has 1 heterocycles. The zero-order valence-corrected chi connectivity index (χ0v) is 18.2. The predicted molar refractivity (Wildman–Crippen MR) is 116 cm³/mol. The molecular weight excluding hydrogens is 420 g/mol. The first-order valence-corrected chi connectivity index (χ1v) is 10.3. The molecule has 0 radical (unpaired) electrons. The normalized spacial score (nSPS) is 13.9. The van der Waals surface area contributed by atoms with Gasteiger partial charge in [0.15, 0.2) is 6.61 Å². The zero-order chi connectivity index (χ0) is 22.7. The summed E-state index contributed by atoms with van der Waals surface area (Å²) in [6.07, 6.45) is 0.222. The van der Waals surface area contributed by atoms with Crippen LogP contribution in [-0.4, -0.2) is 41.2 Å². The molecule has 1 aliphatic heterocycles. The minimum Gasteiger partial charge on any atom is -0.454 e. The van der Waals surface area contributed by atoms with Gasteiger partial charge in [0.25, 0.3) is 17.7 Å². The molecule has 2 aromatic carbocycles. The van der Waals surface area contributed by atoms with Crippen molar-refractivity contribution in [1.82, 2.24) is 4.90 Å². The van der Waals surface area contributed by atoms with Gasteiger partial charge in [-0.25, -0.2) is 4.79 Å². The van der Waals surface area contributed by atoms with Gasteiger partial charge < -0.3 is 10.1 Å². The number of carbonyl (C=O) groups is 4. The number of ether oxygens (including phenoxy) is 1. The van der Waals surface area contributed by atoms with Gasteiger partial charge in [-0.1, -0.05) is 43.6 Å². The monoisotopic (exact) mass is 442 g/mol. The van der Waals surface area contributed by atoms with Gasteiger partial charge in [-0.05, 0) is 49.1 Å². The van der Waals surface area contributed by atoms with E-state index in [1.54, 1.807) is 42.5 Å². The van der Waals surface area contributed by atoms with Crippen LogP contribution in [0.1, 0.15) is 46.5 Å². The summed E-state index contributed by atoms with van der Waals surface area (Å²) in [5, 5.41) is 3.10. The number of anilines is 1. The third kappa shape index (κ3) is 4.94. The lowest BCUT2D eigenvalue weighted by atomic mass is 10.0. The van der Waals surface area contributed by atoms with E-state index in [4.69, 9.17) is 16.3 Å². The molecule has 2 aromatic rings. The number of amides is 3.